The molecule has 0 aliphatic heterocycles. The van der Waals surface area contributed by atoms with E-state index in [2.05, 4.69) is 52.9 Å². The number of rotatable bonds is 11. The van der Waals surface area contributed by atoms with Crippen molar-refractivity contribution in [3.05, 3.63) is 59.2 Å². The van der Waals surface area contributed by atoms with Crippen LogP contribution in [0, 0.1) is 6.92 Å². The predicted octanol–water partition coefficient (Wildman–Crippen LogP) is 3.33. The first-order valence-electron chi connectivity index (χ1n) is 9.95. The first-order valence-corrected chi connectivity index (χ1v) is 9.95. The van der Waals surface area contributed by atoms with Gasteiger partial charge in [0, 0.05) is 32.8 Å². The van der Waals surface area contributed by atoms with Gasteiger partial charge in [0.1, 0.15) is 18.1 Å². The minimum Gasteiger partial charge on any atom is -0.497 e. The first kappa shape index (κ1) is 22.6. The predicted molar refractivity (Wildman–Crippen MR) is 118 cm³/mol. The minimum atomic E-state index is 0.533. The number of nitrogens with zero attached hydrogens (tertiary/aromatic N) is 1. The van der Waals surface area contributed by atoms with Gasteiger partial charge < -0.3 is 24.8 Å². The van der Waals surface area contributed by atoms with Crippen molar-refractivity contribution >= 4 is 5.96 Å². The highest BCUT2D eigenvalue weighted by Crippen LogP contribution is 2.20. The van der Waals surface area contributed by atoms with Crippen molar-refractivity contribution in [1.29, 1.82) is 0 Å². The highest BCUT2D eigenvalue weighted by molar-refractivity contribution is 5.79. The Kier molecular flexibility index (Phi) is 9.86. The Labute approximate surface area is 174 Å². The molecule has 0 fully saturated rings. The molecule has 2 aromatic rings. The van der Waals surface area contributed by atoms with Crippen molar-refractivity contribution in [3.8, 4) is 11.5 Å². The molecule has 0 aliphatic carbocycles. The van der Waals surface area contributed by atoms with Gasteiger partial charge in [0.05, 0.1) is 13.7 Å². The van der Waals surface area contributed by atoms with E-state index in [1.807, 2.05) is 12.1 Å². The molecule has 0 aromatic heterocycles. The van der Waals surface area contributed by atoms with Crippen molar-refractivity contribution in [2.75, 3.05) is 41.0 Å². The molecule has 2 aromatic carbocycles. The molecule has 0 amide bonds. The fourth-order valence-corrected chi connectivity index (χ4v) is 2.87. The summed E-state index contributed by atoms with van der Waals surface area (Å²) >= 11 is 0. The second kappa shape index (κ2) is 12.7. The average Bonchev–Trinajstić information content (AvgIpc) is 2.75. The summed E-state index contributed by atoms with van der Waals surface area (Å²) in [6, 6.07) is 14.4. The Balaban J connectivity index is 1.78. The van der Waals surface area contributed by atoms with Gasteiger partial charge in [-0.1, -0.05) is 24.3 Å². The van der Waals surface area contributed by atoms with Gasteiger partial charge >= 0.3 is 0 Å². The SMILES string of the molecule is CN=C(NCCCc1ccc(OC)cc1)NCc1ccc(C)cc1OCCOC. The number of methoxy groups -OCH3 is 2. The molecule has 0 aliphatic rings. The standard InChI is InChI=1S/C23H33N3O3/c1-18-7-10-20(22(16-18)29-15-14-27-3)17-26-23(24-2)25-13-5-6-19-8-11-21(28-4)12-9-19/h7-12,16H,5-6,13-15,17H2,1-4H3,(H2,24,25,26). The number of benzene rings is 2. The summed E-state index contributed by atoms with van der Waals surface area (Å²) in [5, 5.41) is 6.73. The summed E-state index contributed by atoms with van der Waals surface area (Å²) in [6.45, 7) is 4.64. The normalized spacial score (nSPS) is 11.2. The third-order valence-electron chi connectivity index (χ3n) is 4.53. The lowest BCUT2D eigenvalue weighted by atomic mass is 10.1. The first-order chi connectivity index (χ1) is 14.2. The van der Waals surface area contributed by atoms with Crippen LogP contribution in [0.15, 0.2) is 47.5 Å². The number of nitrogens with one attached hydrogen (secondary N) is 2. The molecule has 6 nitrogen and oxygen atoms in total. The maximum atomic E-state index is 5.85. The molecule has 2 N–H and O–H groups in total. The van der Waals surface area contributed by atoms with Gasteiger partial charge in [-0.2, -0.15) is 0 Å². The van der Waals surface area contributed by atoms with Crippen LogP contribution in [0.25, 0.3) is 0 Å². The topological polar surface area (TPSA) is 64.1 Å². The van der Waals surface area contributed by atoms with Gasteiger partial charge in [-0.05, 0) is 49.1 Å². The molecular formula is C23H33N3O3. The summed E-state index contributed by atoms with van der Waals surface area (Å²) in [6.07, 6.45) is 2.02. The molecule has 6 heteroatoms. The Hall–Kier alpha value is -2.73. The fraction of sp³-hybridized carbons (Fsp3) is 0.435. The molecule has 0 bridgehead atoms. The van der Waals surface area contributed by atoms with Crippen molar-refractivity contribution in [2.24, 2.45) is 4.99 Å². The molecule has 0 saturated heterocycles. The van der Waals surface area contributed by atoms with Gasteiger partial charge in [-0.25, -0.2) is 0 Å². The number of ether oxygens (including phenoxy) is 3. The number of guanidine groups is 1. The van der Waals surface area contributed by atoms with Crippen LogP contribution in [0.5, 0.6) is 11.5 Å². The van der Waals surface area contributed by atoms with E-state index in [0.717, 1.165) is 42.4 Å². The molecule has 158 valence electrons. The Bertz CT molecular complexity index is 760. The lowest BCUT2D eigenvalue weighted by molar-refractivity contribution is 0.145. The van der Waals surface area contributed by atoms with E-state index in [0.29, 0.717) is 19.8 Å². The van der Waals surface area contributed by atoms with Gasteiger partial charge in [-0.15, -0.1) is 0 Å². The summed E-state index contributed by atoms with van der Waals surface area (Å²) in [5.74, 6) is 2.55. The van der Waals surface area contributed by atoms with Crippen LogP contribution in [0.3, 0.4) is 0 Å². The molecule has 2 rings (SSSR count). The Morgan fingerprint density at radius 1 is 1.00 bits per heavy atom. The van der Waals surface area contributed by atoms with Crippen molar-refractivity contribution < 1.29 is 14.2 Å². The minimum absolute atomic E-state index is 0.533. The van der Waals surface area contributed by atoms with E-state index < -0.39 is 0 Å². The monoisotopic (exact) mass is 399 g/mol. The van der Waals surface area contributed by atoms with Gasteiger partial charge in [-0.3, -0.25) is 4.99 Å². The molecule has 0 atom stereocenters. The molecular weight excluding hydrogens is 366 g/mol. The molecule has 0 spiro atoms. The highest BCUT2D eigenvalue weighted by Gasteiger charge is 2.06. The number of hydrogen-bond donors (Lipinski definition) is 2. The zero-order valence-electron chi connectivity index (χ0n) is 18.0. The van der Waals surface area contributed by atoms with E-state index in [-0.39, 0.29) is 0 Å². The van der Waals surface area contributed by atoms with Crippen molar-refractivity contribution in [1.82, 2.24) is 10.6 Å². The lowest BCUT2D eigenvalue weighted by Gasteiger charge is -2.15. The van der Waals surface area contributed by atoms with E-state index in [9.17, 15) is 0 Å². The van der Waals surface area contributed by atoms with Crippen molar-refractivity contribution in [3.63, 3.8) is 0 Å². The third kappa shape index (κ3) is 8.03. The maximum Gasteiger partial charge on any atom is 0.191 e. The van der Waals surface area contributed by atoms with Crippen LogP contribution >= 0.6 is 0 Å². The Morgan fingerprint density at radius 2 is 1.79 bits per heavy atom. The molecule has 0 unspecified atom stereocenters. The zero-order valence-corrected chi connectivity index (χ0v) is 18.0. The smallest absolute Gasteiger partial charge is 0.191 e. The molecule has 29 heavy (non-hydrogen) atoms. The van der Waals surface area contributed by atoms with Gasteiger partial charge in [0.2, 0.25) is 0 Å². The second-order valence-corrected chi connectivity index (χ2v) is 6.76. The van der Waals surface area contributed by atoms with E-state index in [1.165, 1.54) is 11.1 Å². The van der Waals surface area contributed by atoms with Crippen LogP contribution in [0.1, 0.15) is 23.1 Å². The lowest BCUT2D eigenvalue weighted by Crippen LogP contribution is -2.37. The van der Waals surface area contributed by atoms with Crippen molar-refractivity contribution in [2.45, 2.75) is 26.3 Å². The maximum absolute atomic E-state index is 5.85. The summed E-state index contributed by atoms with van der Waals surface area (Å²) in [4.78, 5) is 4.31. The zero-order chi connectivity index (χ0) is 20.9. The number of hydrogen-bond acceptors (Lipinski definition) is 4. The highest BCUT2D eigenvalue weighted by atomic mass is 16.5. The molecule has 0 saturated carbocycles. The largest absolute Gasteiger partial charge is 0.497 e. The van der Waals surface area contributed by atoms with E-state index in [1.54, 1.807) is 21.3 Å². The quantitative estimate of drug-likeness (QED) is 0.345. The van der Waals surface area contributed by atoms with Crippen LogP contribution in [0.2, 0.25) is 0 Å². The summed E-state index contributed by atoms with van der Waals surface area (Å²) < 4.78 is 16.1. The van der Waals surface area contributed by atoms with Crippen LogP contribution < -0.4 is 20.1 Å². The Morgan fingerprint density at radius 3 is 2.48 bits per heavy atom. The van der Waals surface area contributed by atoms with Crippen LogP contribution in [0.4, 0.5) is 0 Å². The third-order valence-corrected chi connectivity index (χ3v) is 4.53. The summed E-state index contributed by atoms with van der Waals surface area (Å²) in [7, 11) is 5.14. The second-order valence-electron chi connectivity index (χ2n) is 6.76. The average molecular weight is 400 g/mol. The van der Waals surface area contributed by atoms with Gasteiger partial charge in [0.15, 0.2) is 5.96 Å². The van der Waals surface area contributed by atoms with E-state index in [4.69, 9.17) is 14.2 Å². The number of aliphatic imine (C=N–C) groups is 1. The number of aryl methyl sites for hydroxylation is 2. The molecule has 0 radical (unpaired) electrons. The molecule has 0 heterocycles. The van der Waals surface area contributed by atoms with E-state index >= 15 is 0 Å². The van der Waals surface area contributed by atoms with Crippen LogP contribution in [-0.4, -0.2) is 47.0 Å². The van der Waals surface area contributed by atoms with Crippen LogP contribution in [-0.2, 0) is 17.7 Å². The van der Waals surface area contributed by atoms with Gasteiger partial charge in [0.25, 0.3) is 0 Å². The summed E-state index contributed by atoms with van der Waals surface area (Å²) in [5.41, 5.74) is 3.56. The fourth-order valence-electron chi connectivity index (χ4n) is 2.87.